The molecule has 0 aromatic rings. The molecule has 0 atom stereocenters. The van der Waals surface area contributed by atoms with Crippen LogP contribution < -0.4 is 0 Å². The predicted molar refractivity (Wildman–Crippen MR) is 74.1 cm³/mol. The van der Waals surface area contributed by atoms with E-state index in [2.05, 4.69) is 0 Å². The van der Waals surface area contributed by atoms with Gasteiger partial charge in [-0.1, -0.05) is 6.42 Å². The van der Waals surface area contributed by atoms with E-state index in [-0.39, 0.29) is 24.5 Å². The molecule has 19 heavy (non-hydrogen) atoms. The van der Waals surface area contributed by atoms with Crippen LogP contribution in [0.15, 0.2) is 0 Å². The third-order valence-corrected chi connectivity index (χ3v) is 3.67. The molecule has 110 valence electrons. The van der Waals surface area contributed by atoms with Crippen LogP contribution in [0.1, 0.15) is 46.5 Å². The first-order valence-corrected chi connectivity index (χ1v) is 6.96. The van der Waals surface area contributed by atoms with E-state index < -0.39 is 5.97 Å². The number of carbonyl (C=O) groups excluding carboxylic acids is 1. The molecule has 0 aliphatic heterocycles. The van der Waals surface area contributed by atoms with Gasteiger partial charge in [-0.2, -0.15) is 0 Å². The SMILES string of the molecule is CN(CC1CCC1)C(=O)N(CCC(=O)O)C(C)(C)C. The minimum absolute atomic E-state index is 0.0136. The number of nitrogens with zero attached hydrogens (tertiary/aromatic N) is 2. The van der Waals surface area contributed by atoms with Gasteiger partial charge < -0.3 is 14.9 Å². The summed E-state index contributed by atoms with van der Waals surface area (Å²) in [5.74, 6) is -0.251. The van der Waals surface area contributed by atoms with Gasteiger partial charge in [0.25, 0.3) is 0 Å². The molecule has 0 unspecified atom stereocenters. The Kier molecular flexibility index (Phi) is 5.20. The fraction of sp³-hybridized carbons (Fsp3) is 0.857. The second-order valence-electron chi connectivity index (χ2n) is 6.43. The maximum Gasteiger partial charge on any atom is 0.320 e. The van der Waals surface area contributed by atoms with Gasteiger partial charge in [-0.3, -0.25) is 4.79 Å². The highest BCUT2D eigenvalue weighted by molar-refractivity contribution is 5.76. The Balaban J connectivity index is 2.61. The number of rotatable bonds is 5. The lowest BCUT2D eigenvalue weighted by Crippen LogP contribution is -2.52. The Morgan fingerprint density at radius 3 is 2.21 bits per heavy atom. The second-order valence-corrected chi connectivity index (χ2v) is 6.43. The second kappa shape index (κ2) is 6.26. The highest BCUT2D eigenvalue weighted by atomic mass is 16.4. The van der Waals surface area contributed by atoms with Crippen LogP contribution in [0.2, 0.25) is 0 Å². The van der Waals surface area contributed by atoms with Crippen molar-refractivity contribution < 1.29 is 14.7 Å². The highest BCUT2D eigenvalue weighted by Crippen LogP contribution is 2.27. The monoisotopic (exact) mass is 270 g/mol. The molecule has 1 aliphatic carbocycles. The first-order chi connectivity index (χ1) is 8.71. The van der Waals surface area contributed by atoms with Crippen LogP contribution in [0.5, 0.6) is 0 Å². The van der Waals surface area contributed by atoms with Crippen molar-refractivity contribution in [3.05, 3.63) is 0 Å². The van der Waals surface area contributed by atoms with Crippen LogP contribution in [0, 0.1) is 5.92 Å². The average molecular weight is 270 g/mol. The first kappa shape index (κ1) is 15.8. The van der Waals surface area contributed by atoms with E-state index in [4.69, 9.17) is 5.11 Å². The van der Waals surface area contributed by atoms with Crippen molar-refractivity contribution in [2.24, 2.45) is 5.92 Å². The van der Waals surface area contributed by atoms with E-state index >= 15 is 0 Å². The van der Waals surface area contributed by atoms with Gasteiger partial charge in [0.1, 0.15) is 0 Å². The number of amides is 2. The van der Waals surface area contributed by atoms with Crippen molar-refractivity contribution in [3.8, 4) is 0 Å². The van der Waals surface area contributed by atoms with Gasteiger partial charge >= 0.3 is 12.0 Å². The van der Waals surface area contributed by atoms with E-state index in [0.717, 1.165) is 6.54 Å². The topological polar surface area (TPSA) is 60.9 Å². The Bertz CT molecular complexity index is 332. The van der Waals surface area contributed by atoms with E-state index in [1.54, 1.807) is 16.8 Å². The molecular formula is C14H26N2O3. The molecule has 0 saturated heterocycles. The lowest BCUT2D eigenvalue weighted by molar-refractivity contribution is -0.137. The number of carbonyl (C=O) groups is 2. The normalized spacial score (nSPS) is 15.8. The maximum atomic E-state index is 12.4. The Hall–Kier alpha value is -1.26. The van der Waals surface area contributed by atoms with E-state index in [0.29, 0.717) is 5.92 Å². The molecule has 1 N–H and O–H groups in total. The first-order valence-electron chi connectivity index (χ1n) is 6.96. The zero-order valence-electron chi connectivity index (χ0n) is 12.5. The van der Waals surface area contributed by atoms with Crippen molar-refractivity contribution >= 4 is 12.0 Å². The molecule has 2 amide bonds. The van der Waals surface area contributed by atoms with E-state index in [9.17, 15) is 9.59 Å². The van der Waals surface area contributed by atoms with Crippen LogP contribution in [-0.2, 0) is 4.79 Å². The minimum Gasteiger partial charge on any atom is -0.481 e. The summed E-state index contributed by atoms with van der Waals surface area (Å²) in [6.45, 7) is 6.84. The molecule has 0 aromatic carbocycles. The molecule has 0 heterocycles. The van der Waals surface area contributed by atoms with Gasteiger partial charge in [-0.15, -0.1) is 0 Å². The van der Waals surface area contributed by atoms with Crippen LogP contribution in [0.4, 0.5) is 4.79 Å². The summed E-state index contributed by atoms with van der Waals surface area (Å²) in [5, 5.41) is 8.79. The van der Waals surface area contributed by atoms with Crippen molar-refractivity contribution in [1.82, 2.24) is 9.80 Å². The lowest BCUT2D eigenvalue weighted by atomic mass is 9.85. The van der Waals surface area contributed by atoms with Crippen molar-refractivity contribution in [2.75, 3.05) is 20.1 Å². The van der Waals surface area contributed by atoms with Crippen LogP contribution in [0.25, 0.3) is 0 Å². The molecule has 1 saturated carbocycles. The zero-order valence-corrected chi connectivity index (χ0v) is 12.5. The van der Waals surface area contributed by atoms with Gasteiger partial charge in [0.2, 0.25) is 0 Å². The van der Waals surface area contributed by atoms with Crippen LogP contribution in [-0.4, -0.2) is 52.6 Å². The van der Waals surface area contributed by atoms with Gasteiger partial charge in [0.05, 0.1) is 6.42 Å². The Morgan fingerprint density at radius 1 is 1.26 bits per heavy atom. The van der Waals surface area contributed by atoms with Gasteiger partial charge in [-0.25, -0.2) is 4.79 Å². The number of aliphatic carboxylic acids is 1. The smallest absolute Gasteiger partial charge is 0.320 e. The van der Waals surface area contributed by atoms with E-state index in [1.807, 2.05) is 20.8 Å². The van der Waals surface area contributed by atoms with E-state index in [1.165, 1.54) is 19.3 Å². The molecular weight excluding hydrogens is 244 g/mol. The minimum atomic E-state index is -0.872. The standard InChI is InChI=1S/C14H26N2O3/c1-14(2,3)16(9-8-12(17)18)13(19)15(4)10-11-6-5-7-11/h11H,5-10H2,1-4H3,(H,17,18). The largest absolute Gasteiger partial charge is 0.481 e. The average Bonchev–Trinajstić information content (AvgIpc) is 2.20. The molecule has 0 bridgehead atoms. The summed E-state index contributed by atoms with van der Waals surface area (Å²) in [7, 11) is 1.81. The predicted octanol–water partition coefficient (Wildman–Crippen LogP) is 2.41. The van der Waals surface area contributed by atoms with Crippen molar-refractivity contribution in [2.45, 2.75) is 52.0 Å². The lowest BCUT2D eigenvalue weighted by Gasteiger charge is -2.39. The third kappa shape index (κ3) is 4.73. The molecule has 1 rings (SSSR count). The zero-order chi connectivity index (χ0) is 14.6. The summed E-state index contributed by atoms with van der Waals surface area (Å²) in [4.78, 5) is 26.5. The third-order valence-electron chi connectivity index (χ3n) is 3.67. The molecule has 1 aliphatic rings. The fourth-order valence-electron chi connectivity index (χ4n) is 2.27. The number of urea groups is 1. The highest BCUT2D eigenvalue weighted by Gasteiger charge is 2.30. The molecule has 0 radical (unpaired) electrons. The summed E-state index contributed by atoms with van der Waals surface area (Å²) in [6, 6.07) is -0.0688. The molecule has 0 aromatic heterocycles. The molecule has 5 nitrogen and oxygen atoms in total. The molecule has 0 spiro atoms. The Labute approximate surface area is 115 Å². The maximum absolute atomic E-state index is 12.4. The number of carboxylic acid groups (broad SMARTS) is 1. The number of hydrogen-bond donors (Lipinski definition) is 1. The van der Waals surface area contributed by atoms with Gasteiger partial charge in [0.15, 0.2) is 0 Å². The Morgan fingerprint density at radius 2 is 1.84 bits per heavy atom. The van der Waals surface area contributed by atoms with Crippen LogP contribution in [0.3, 0.4) is 0 Å². The summed E-state index contributed by atoms with van der Waals surface area (Å²) < 4.78 is 0. The summed E-state index contributed by atoms with van der Waals surface area (Å²) in [6.07, 6.45) is 3.64. The van der Waals surface area contributed by atoms with Crippen molar-refractivity contribution in [1.29, 1.82) is 0 Å². The molecule has 1 fully saturated rings. The van der Waals surface area contributed by atoms with Crippen LogP contribution >= 0.6 is 0 Å². The van der Waals surface area contributed by atoms with Crippen molar-refractivity contribution in [3.63, 3.8) is 0 Å². The number of carboxylic acids is 1. The van der Waals surface area contributed by atoms with Gasteiger partial charge in [0, 0.05) is 25.7 Å². The summed E-state index contributed by atoms with van der Waals surface area (Å²) >= 11 is 0. The number of hydrogen-bond acceptors (Lipinski definition) is 2. The fourth-order valence-corrected chi connectivity index (χ4v) is 2.27. The van der Waals surface area contributed by atoms with Gasteiger partial charge in [-0.05, 0) is 39.5 Å². The summed E-state index contributed by atoms with van der Waals surface area (Å²) in [5.41, 5.74) is -0.361. The molecule has 5 heteroatoms. The quantitative estimate of drug-likeness (QED) is 0.834.